The molecule has 1 aromatic heterocycles. The summed E-state index contributed by atoms with van der Waals surface area (Å²) in [4.78, 5) is 16.1. The number of phenolic OH excluding ortho intramolecular Hbond substituents is 1. The van der Waals surface area contributed by atoms with Crippen molar-refractivity contribution in [3.05, 3.63) is 34.9 Å². The SMILES string of the molecule is CNCCn1cnc2c(O)cccc2c1=O. The van der Waals surface area contributed by atoms with Gasteiger partial charge < -0.3 is 10.4 Å². The zero-order valence-corrected chi connectivity index (χ0v) is 8.97. The first kappa shape index (κ1) is 10.6. The zero-order valence-electron chi connectivity index (χ0n) is 8.97. The molecule has 0 amide bonds. The van der Waals surface area contributed by atoms with E-state index in [1.165, 1.54) is 17.0 Å². The summed E-state index contributed by atoms with van der Waals surface area (Å²) in [6.07, 6.45) is 1.46. The highest BCUT2D eigenvalue weighted by Gasteiger charge is 2.06. The average molecular weight is 219 g/mol. The molecule has 0 saturated heterocycles. The van der Waals surface area contributed by atoms with E-state index in [0.29, 0.717) is 24.0 Å². The molecule has 2 N–H and O–H groups in total. The van der Waals surface area contributed by atoms with Gasteiger partial charge in [0, 0.05) is 13.1 Å². The summed E-state index contributed by atoms with van der Waals surface area (Å²) in [6.45, 7) is 1.26. The summed E-state index contributed by atoms with van der Waals surface area (Å²) in [5.41, 5.74) is 0.226. The number of fused-ring (bicyclic) bond motifs is 1. The standard InChI is InChI=1S/C11H13N3O2/c1-12-5-6-14-7-13-10-8(11(14)16)3-2-4-9(10)15/h2-4,7,12,15H,5-6H2,1H3. The maximum Gasteiger partial charge on any atom is 0.261 e. The van der Waals surface area contributed by atoms with Gasteiger partial charge in [-0.25, -0.2) is 4.98 Å². The summed E-state index contributed by atoms with van der Waals surface area (Å²) in [7, 11) is 1.82. The third-order valence-corrected chi connectivity index (χ3v) is 2.43. The first-order chi connectivity index (χ1) is 7.74. The number of aromatic nitrogens is 2. The number of hydrogen-bond donors (Lipinski definition) is 2. The van der Waals surface area contributed by atoms with Crippen LogP contribution in [0.4, 0.5) is 0 Å². The average Bonchev–Trinajstić information content (AvgIpc) is 2.29. The van der Waals surface area contributed by atoms with Crippen LogP contribution in [0.15, 0.2) is 29.3 Å². The van der Waals surface area contributed by atoms with E-state index in [1.807, 2.05) is 7.05 Å². The molecule has 2 rings (SSSR count). The number of benzene rings is 1. The molecule has 5 nitrogen and oxygen atoms in total. The predicted molar refractivity (Wildman–Crippen MR) is 61.6 cm³/mol. The molecule has 5 heteroatoms. The minimum atomic E-state index is -0.129. The van der Waals surface area contributed by atoms with Gasteiger partial charge in [-0.3, -0.25) is 9.36 Å². The third kappa shape index (κ3) is 1.77. The van der Waals surface area contributed by atoms with E-state index >= 15 is 0 Å². The molecule has 84 valence electrons. The monoisotopic (exact) mass is 219 g/mol. The van der Waals surface area contributed by atoms with Gasteiger partial charge in [0.25, 0.3) is 5.56 Å². The van der Waals surface area contributed by atoms with Crippen molar-refractivity contribution >= 4 is 10.9 Å². The van der Waals surface area contributed by atoms with Crippen molar-refractivity contribution in [2.24, 2.45) is 0 Å². The van der Waals surface area contributed by atoms with Crippen molar-refractivity contribution in [2.45, 2.75) is 6.54 Å². The van der Waals surface area contributed by atoms with Gasteiger partial charge in [0.2, 0.25) is 0 Å². The normalized spacial score (nSPS) is 10.8. The van der Waals surface area contributed by atoms with E-state index in [0.717, 1.165) is 0 Å². The van der Waals surface area contributed by atoms with Gasteiger partial charge in [0.05, 0.1) is 11.7 Å². The summed E-state index contributed by atoms with van der Waals surface area (Å²) in [5.74, 6) is 0.0374. The molecule has 1 aromatic carbocycles. The third-order valence-electron chi connectivity index (χ3n) is 2.43. The first-order valence-electron chi connectivity index (χ1n) is 5.06. The number of hydrogen-bond acceptors (Lipinski definition) is 4. The predicted octanol–water partition coefficient (Wildman–Crippen LogP) is 0.321. The van der Waals surface area contributed by atoms with Gasteiger partial charge in [0.15, 0.2) is 0 Å². The first-order valence-corrected chi connectivity index (χ1v) is 5.06. The molecule has 0 fully saturated rings. The summed E-state index contributed by atoms with van der Waals surface area (Å²) < 4.78 is 1.53. The summed E-state index contributed by atoms with van der Waals surface area (Å²) in [5, 5.41) is 12.9. The van der Waals surface area contributed by atoms with Gasteiger partial charge >= 0.3 is 0 Å². The fourth-order valence-corrected chi connectivity index (χ4v) is 1.57. The highest BCUT2D eigenvalue weighted by molar-refractivity contribution is 5.82. The Morgan fingerprint density at radius 2 is 2.31 bits per heavy atom. The number of likely N-dealkylation sites (N-methyl/N-ethyl adjacent to an activating group) is 1. The van der Waals surface area contributed by atoms with Crippen molar-refractivity contribution in [2.75, 3.05) is 13.6 Å². The van der Waals surface area contributed by atoms with Gasteiger partial charge in [0.1, 0.15) is 11.3 Å². The maximum atomic E-state index is 12.0. The van der Waals surface area contributed by atoms with Gasteiger partial charge in [-0.2, -0.15) is 0 Å². The van der Waals surface area contributed by atoms with Gasteiger partial charge in [-0.1, -0.05) is 6.07 Å². The molecule has 2 aromatic rings. The van der Waals surface area contributed by atoms with Crippen LogP contribution >= 0.6 is 0 Å². The molecular weight excluding hydrogens is 206 g/mol. The Bertz CT molecular complexity index is 563. The number of aromatic hydroxyl groups is 1. The van der Waals surface area contributed by atoms with Crippen molar-refractivity contribution in [3.8, 4) is 5.75 Å². The lowest BCUT2D eigenvalue weighted by atomic mass is 10.2. The lowest BCUT2D eigenvalue weighted by Crippen LogP contribution is -2.25. The number of nitrogens with zero attached hydrogens (tertiary/aromatic N) is 2. The molecule has 0 unspecified atom stereocenters. The number of rotatable bonds is 3. The molecule has 0 radical (unpaired) electrons. The number of phenols is 1. The van der Waals surface area contributed by atoms with Gasteiger partial charge in [-0.15, -0.1) is 0 Å². The number of nitrogens with one attached hydrogen (secondary N) is 1. The van der Waals surface area contributed by atoms with Crippen LogP contribution in [0.1, 0.15) is 0 Å². The van der Waals surface area contributed by atoms with Crippen LogP contribution in [0.3, 0.4) is 0 Å². The smallest absolute Gasteiger partial charge is 0.261 e. The summed E-state index contributed by atoms with van der Waals surface area (Å²) in [6, 6.07) is 4.83. The molecule has 0 atom stereocenters. The van der Waals surface area contributed by atoms with E-state index in [-0.39, 0.29) is 11.3 Å². The van der Waals surface area contributed by atoms with Crippen molar-refractivity contribution in [1.29, 1.82) is 0 Å². The van der Waals surface area contributed by atoms with Gasteiger partial charge in [-0.05, 0) is 19.2 Å². The second-order valence-corrected chi connectivity index (χ2v) is 3.52. The van der Waals surface area contributed by atoms with Crippen LogP contribution in [-0.4, -0.2) is 28.3 Å². The second-order valence-electron chi connectivity index (χ2n) is 3.52. The minimum Gasteiger partial charge on any atom is -0.506 e. The van der Waals surface area contributed by atoms with E-state index in [9.17, 15) is 9.90 Å². The highest BCUT2D eigenvalue weighted by Crippen LogP contribution is 2.18. The molecule has 0 saturated carbocycles. The Labute approximate surface area is 92.4 Å². The Balaban J connectivity index is 2.57. The topological polar surface area (TPSA) is 67.2 Å². The molecule has 0 bridgehead atoms. The van der Waals surface area contributed by atoms with Crippen LogP contribution < -0.4 is 10.9 Å². The Hall–Kier alpha value is -1.88. The van der Waals surface area contributed by atoms with Crippen LogP contribution in [0.25, 0.3) is 10.9 Å². The molecular formula is C11H13N3O2. The number of para-hydroxylation sites is 1. The lowest BCUT2D eigenvalue weighted by Gasteiger charge is -2.06. The van der Waals surface area contributed by atoms with Crippen LogP contribution in [0.2, 0.25) is 0 Å². The quantitative estimate of drug-likeness (QED) is 0.780. The van der Waals surface area contributed by atoms with Crippen molar-refractivity contribution < 1.29 is 5.11 Å². The largest absolute Gasteiger partial charge is 0.506 e. The zero-order chi connectivity index (χ0) is 11.5. The molecule has 16 heavy (non-hydrogen) atoms. The van der Waals surface area contributed by atoms with E-state index in [1.54, 1.807) is 12.1 Å². The van der Waals surface area contributed by atoms with E-state index in [2.05, 4.69) is 10.3 Å². The van der Waals surface area contributed by atoms with Crippen LogP contribution in [-0.2, 0) is 6.54 Å². The molecule has 0 aliphatic heterocycles. The van der Waals surface area contributed by atoms with E-state index < -0.39 is 0 Å². The molecule has 0 spiro atoms. The molecule has 1 heterocycles. The molecule has 0 aliphatic carbocycles. The van der Waals surface area contributed by atoms with Crippen LogP contribution in [0, 0.1) is 0 Å². The Morgan fingerprint density at radius 1 is 1.50 bits per heavy atom. The highest BCUT2D eigenvalue weighted by atomic mass is 16.3. The maximum absolute atomic E-state index is 12.0. The molecule has 0 aliphatic rings. The minimum absolute atomic E-state index is 0.0374. The Morgan fingerprint density at radius 3 is 3.06 bits per heavy atom. The van der Waals surface area contributed by atoms with E-state index in [4.69, 9.17) is 0 Å². The van der Waals surface area contributed by atoms with Crippen molar-refractivity contribution in [1.82, 2.24) is 14.9 Å². The second kappa shape index (κ2) is 4.32. The Kier molecular flexibility index (Phi) is 2.87. The van der Waals surface area contributed by atoms with Crippen molar-refractivity contribution in [3.63, 3.8) is 0 Å². The fraction of sp³-hybridized carbons (Fsp3) is 0.273. The lowest BCUT2D eigenvalue weighted by molar-refractivity contribution is 0.480. The fourth-order valence-electron chi connectivity index (χ4n) is 1.57. The summed E-state index contributed by atoms with van der Waals surface area (Å²) >= 11 is 0. The van der Waals surface area contributed by atoms with Crippen LogP contribution in [0.5, 0.6) is 5.75 Å².